The monoisotopic (exact) mass is 369 g/mol. The lowest BCUT2D eigenvalue weighted by Crippen LogP contribution is -2.42. The van der Waals surface area contributed by atoms with Gasteiger partial charge in [0, 0.05) is 13.3 Å². The molecule has 7 nitrogen and oxygen atoms in total. The van der Waals surface area contributed by atoms with Gasteiger partial charge in [-0.2, -0.15) is 21.6 Å². The first-order valence-electron chi connectivity index (χ1n) is 6.41. The minimum Gasteiger partial charge on any atom is -0.467 e. The Labute approximate surface area is 135 Å². The molecule has 0 bridgehead atoms. The van der Waals surface area contributed by atoms with Crippen molar-refractivity contribution in [2.24, 2.45) is 0 Å². The van der Waals surface area contributed by atoms with Gasteiger partial charge in [-0.3, -0.25) is 4.79 Å². The smallest absolute Gasteiger partial charge is 0.467 e. The molecule has 1 atom stereocenters. The Morgan fingerprint density at radius 2 is 1.83 bits per heavy atom. The highest BCUT2D eigenvalue weighted by Crippen LogP contribution is 2.29. The highest BCUT2D eigenvalue weighted by Gasteiger charge is 2.48. The van der Waals surface area contributed by atoms with Crippen LogP contribution in [0.1, 0.15) is 12.5 Å². The Bertz CT molecular complexity index is 717. The molecule has 0 aliphatic rings. The summed E-state index contributed by atoms with van der Waals surface area (Å²) in [4.78, 5) is 22.7. The van der Waals surface area contributed by atoms with Gasteiger partial charge in [0.05, 0.1) is 7.11 Å². The average Bonchev–Trinajstić information content (AvgIpc) is 2.45. The second-order valence-corrected chi connectivity index (χ2v) is 6.11. The number of methoxy groups -OCH3 is 1. The van der Waals surface area contributed by atoms with Crippen LogP contribution in [0.4, 0.5) is 13.2 Å². The van der Waals surface area contributed by atoms with Crippen LogP contribution in [0.15, 0.2) is 24.3 Å². The highest BCUT2D eigenvalue weighted by molar-refractivity contribution is 7.88. The zero-order chi connectivity index (χ0) is 18.5. The molecule has 0 saturated carbocycles. The number of hydrogen-bond donors (Lipinski definition) is 1. The maximum atomic E-state index is 12.4. The van der Waals surface area contributed by atoms with Gasteiger partial charge in [0.2, 0.25) is 5.91 Å². The Morgan fingerprint density at radius 3 is 2.33 bits per heavy atom. The fraction of sp³-hybridized carbons (Fsp3) is 0.385. The van der Waals surface area contributed by atoms with Crippen molar-refractivity contribution in [2.45, 2.75) is 24.9 Å². The SMILES string of the molecule is COC(=O)C(Cc1ccccc1OS(=O)(=O)C(F)(F)F)NC(C)=O. The lowest BCUT2D eigenvalue weighted by molar-refractivity contribution is -0.144. The molecule has 0 fully saturated rings. The topological polar surface area (TPSA) is 98.8 Å². The van der Waals surface area contributed by atoms with E-state index in [1.807, 2.05) is 0 Å². The van der Waals surface area contributed by atoms with Crippen LogP contribution in [0.25, 0.3) is 0 Å². The number of esters is 1. The molecular weight excluding hydrogens is 355 g/mol. The number of carbonyl (C=O) groups is 2. The molecule has 0 aliphatic carbocycles. The summed E-state index contributed by atoms with van der Waals surface area (Å²) in [6.07, 6.45) is -0.324. The van der Waals surface area contributed by atoms with Crippen molar-refractivity contribution >= 4 is 22.0 Å². The Morgan fingerprint density at radius 1 is 1.25 bits per heavy atom. The Balaban J connectivity index is 3.13. The molecule has 0 heterocycles. The minimum atomic E-state index is -5.86. The number of carbonyl (C=O) groups excluding carboxylic acids is 2. The fourth-order valence-electron chi connectivity index (χ4n) is 1.72. The summed E-state index contributed by atoms with van der Waals surface area (Å²) in [7, 11) is -4.80. The zero-order valence-corrected chi connectivity index (χ0v) is 13.4. The van der Waals surface area contributed by atoms with Crippen molar-refractivity contribution < 1.29 is 40.1 Å². The van der Waals surface area contributed by atoms with Crippen LogP contribution in [-0.2, 0) is 30.9 Å². The number of amides is 1. The molecule has 0 aromatic heterocycles. The van der Waals surface area contributed by atoms with Gasteiger partial charge in [-0.05, 0) is 11.6 Å². The molecule has 24 heavy (non-hydrogen) atoms. The molecule has 1 rings (SSSR count). The highest BCUT2D eigenvalue weighted by atomic mass is 32.2. The number of alkyl halides is 3. The average molecular weight is 369 g/mol. The van der Waals surface area contributed by atoms with E-state index < -0.39 is 39.3 Å². The first kappa shape index (κ1) is 19.7. The van der Waals surface area contributed by atoms with Crippen molar-refractivity contribution in [1.29, 1.82) is 0 Å². The second kappa shape index (κ2) is 7.51. The maximum absolute atomic E-state index is 12.4. The number of ether oxygens (including phenoxy) is 1. The summed E-state index contributed by atoms with van der Waals surface area (Å²) in [5, 5.41) is 2.26. The van der Waals surface area contributed by atoms with E-state index in [1.54, 1.807) is 0 Å². The summed E-state index contributed by atoms with van der Waals surface area (Å²) in [6.45, 7) is 1.13. The number of halogens is 3. The minimum absolute atomic E-state index is 0.0329. The molecule has 0 radical (unpaired) electrons. The predicted octanol–water partition coefficient (Wildman–Crippen LogP) is 1.14. The molecule has 1 N–H and O–H groups in total. The largest absolute Gasteiger partial charge is 0.534 e. The molecule has 1 amide bonds. The van der Waals surface area contributed by atoms with Gasteiger partial charge >= 0.3 is 21.6 Å². The second-order valence-electron chi connectivity index (χ2n) is 4.57. The Hall–Kier alpha value is -2.30. The van der Waals surface area contributed by atoms with Crippen molar-refractivity contribution in [1.82, 2.24) is 5.32 Å². The summed E-state index contributed by atoms with van der Waals surface area (Å²) in [5.41, 5.74) is -5.63. The van der Waals surface area contributed by atoms with Crippen LogP contribution >= 0.6 is 0 Å². The van der Waals surface area contributed by atoms with Crippen LogP contribution in [0.5, 0.6) is 5.75 Å². The van der Waals surface area contributed by atoms with E-state index >= 15 is 0 Å². The van der Waals surface area contributed by atoms with Gasteiger partial charge in [0.25, 0.3) is 0 Å². The van der Waals surface area contributed by atoms with Crippen molar-refractivity contribution in [3.8, 4) is 5.75 Å². The van der Waals surface area contributed by atoms with Gasteiger partial charge in [-0.1, -0.05) is 18.2 Å². The predicted molar refractivity (Wildman–Crippen MR) is 75.4 cm³/mol. The van der Waals surface area contributed by atoms with Gasteiger partial charge in [-0.25, -0.2) is 4.79 Å². The number of para-hydroxylation sites is 1. The van der Waals surface area contributed by atoms with E-state index in [9.17, 15) is 31.2 Å². The van der Waals surface area contributed by atoms with Crippen LogP contribution < -0.4 is 9.50 Å². The molecule has 134 valence electrons. The van der Waals surface area contributed by atoms with E-state index in [0.29, 0.717) is 0 Å². The van der Waals surface area contributed by atoms with Gasteiger partial charge in [0.15, 0.2) is 0 Å². The molecule has 1 aromatic carbocycles. The van der Waals surface area contributed by atoms with Crippen molar-refractivity contribution in [3.63, 3.8) is 0 Å². The first-order chi connectivity index (χ1) is 11.0. The summed E-state index contributed by atoms with van der Waals surface area (Å²) in [6, 6.07) is 3.71. The molecule has 0 aliphatic heterocycles. The lowest BCUT2D eigenvalue weighted by Gasteiger charge is -2.18. The first-order valence-corrected chi connectivity index (χ1v) is 7.82. The third-order valence-electron chi connectivity index (χ3n) is 2.74. The summed E-state index contributed by atoms with van der Waals surface area (Å²) < 4.78 is 68.1. The summed E-state index contributed by atoms with van der Waals surface area (Å²) >= 11 is 0. The Kier molecular flexibility index (Phi) is 6.18. The number of rotatable bonds is 6. The molecule has 0 spiro atoms. The number of hydrogen-bond acceptors (Lipinski definition) is 6. The van der Waals surface area contributed by atoms with Gasteiger partial charge < -0.3 is 14.2 Å². The summed E-state index contributed by atoms with van der Waals surface area (Å²) in [5.74, 6) is -2.03. The third kappa shape index (κ3) is 5.11. The molecule has 11 heteroatoms. The van der Waals surface area contributed by atoms with Gasteiger partial charge in [0.1, 0.15) is 11.8 Å². The van der Waals surface area contributed by atoms with E-state index in [1.165, 1.54) is 18.2 Å². The third-order valence-corrected chi connectivity index (χ3v) is 3.71. The number of nitrogens with one attached hydrogen (secondary N) is 1. The lowest BCUT2D eigenvalue weighted by atomic mass is 10.0. The molecule has 0 saturated heterocycles. The number of benzene rings is 1. The van der Waals surface area contributed by atoms with Crippen LogP contribution in [-0.4, -0.2) is 39.0 Å². The quantitative estimate of drug-likeness (QED) is 0.459. The van der Waals surface area contributed by atoms with E-state index in [-0.39, 0.29) is 12.0 Å². The molecular formula is C13H14F3NO6S. The normalized spacial score (nSPS) is 13.0. The maximum Gasteiger partial charge on any atom is 0.534 e. The zero-order valence-electron chi connectivity index (χ0n) is 12.6. The van der Waals surface area contributed by atoms with Crippen LogP contribution in [0, 0.1) is 0 Å². The standard InChI is InChI=1S/C13H14F3NO6S/c1-8(18)17-10(12(19)22-2)7-9-5-3-4-6-11(9)23-24(20,21)13(14,15)16/h3-6,10H,7H2,1-2H3,(H,17,18). The van der Waals surface area contributed by atoms with E-state index in [0.717, 1.165) is 20.1 Å². The van der Waals surface area contributed by atoms with Crippen LogP contribution in [0.2, 0.25) is 0 Å². The molecule has 1 aromatic rings. The van der Waals surface area contributed by atoms with Crippen LogP contribution in [0.3, 0.4) is 0 Å². The van der Waals surface area contributed by atoms with Crippen molar-refractivity contribution in [3.05, 3.63) is 29.8 Å². The van der Waals surface area contributed by atoms with Crippen molar-refractivity contribution in [2.75, 3.05) is 7.11 Å². The molecule has 1 unspecified atom stereocenters. The van der Waals surface area contributed by atoms with E-state index in [2.05, 4.69) is 14.2 Å². The van der Waals surface area contributed by atoms with E-state index in [4.69, 9.17) is 0 Å². The van der Waals surface area contributed by atoms with Gasteiger partial charge in [-0.15, -0.1) is 0 Å². The fourth-order valence-corrected chi connectivity index (χ4v) is 2.21.